The van der Waals surface area contributed by atoms with Crippen molar-refractivity contribution in [3.8, 4) is 0 Å². The number of nitro groups is 1. The molecule has 1 amide bonds. The Morgan fingerprint density at radius 1 is 1.47 bits per heavy atom. The molecule has 1 rings (SSSR count). The molecule has 8 heteroatoms. The number of amides is 1. The summed E-state index contributed by atoms with van der Waals surface area (Å²) in [7, 11) is 1.11. The Hall–Kier alpha value is -2.64. The number of rotatable bonds is 3. The Bertz CT molecular complexity index is 484. The van der Waals surface area contributed by atoms with Gasteiger partial charge in [-0.2, -0.15) is 0 Å². The summed E-state index contributed by atoms with van der Waals surface area (Å²) in [6.07, 6.45) is -0.860. The van der Waals surface area contributed by atoms with Crippen LogP contribution in [0.25, 0.3) is 0 Å². The lowest BCUT2D eigenvalue weighted by atomic mass is 10.1. The fraction of sp³-hybridized carbons (Fsp3) is 0.111. The van der Waals surface area contributed by atoms with Crippen LogP contribution >= 0.6 is 0 Å². The third kappa shape index (κ3) is 2.91. The maximum absolute atomic E-state index is 10.9. The zero-order valence-electron chi connectivity index (χ0n) is 8.67. The van der Waals surface area contributed by atoms with Crippen LogP contribution < -0.4 is 5.32 Å². The lowest BCUT2D eigenvalue weighted by Gasteiger charge is -2.06. The second-order valence-electron chi connectivity index (χ2n) is 2.91. The van der Waals surface area contributed by atoms with E-state index in [9.17, 15) is 19.7 Å². The van der Waals surface area contributed by atoms with Gasteiger partial charge in [0.2, 0.25) is 0 Å². The molecule has 17 heavy (non-hydrogen) atoms. The van der Waals surface area contributed by atoms with Crippen molar-refractivity contribution in [3.63, 3.8) is 0 Å². The van der Waals surface area contributed by atoms with Crippen LogP contribution in [0, 0.1) is 10.1 Å². The van der Waals surface area contributed by atoms with Gasteiger partial charge in [-0.15, -0.1) is 0 Å². The molecule has 0 saturated heterocycles. The molecular weight excluding hydrogens is 232 g/mol. The summed E-state index contributed by atoms with van der Waals surface area (Å²) in [6.45, 7) is 0. The van der Waals surface area contributed by atoms with E-state index < -0.39 is 17.0 Å². The summed E-state index contributed by atoms with van der Waals surface area (Å²) in [5.74, 6) is -1.39. The molecule has 1 aromatic rings. The predicted octanol–water partition coefficient (Wildman–Crippen LogP) is 1.47. The van der Waals surface area contributed by atoms with Crippen molar-refractivity contribution in [3.05, 3.63) is 33.9 Å². The molecule has 0 spiro atoms. The van der Waals surface area contributed by atoms with Crippen LogP contribution in [0.4, 0.5) is 16.2 Å². The van der Waals surface area contributed by atoms with Crippen molar-refractivity contribution in [2.45, 2.75) is 0 Å². The average molecular weight is 240 g/mol. The van der Waals surface area contributed by atoms with Crippen molar-refractivity contribution in [1.82, 2.24) is 0 Å². The summed E-state index contributed by atoms with van der Waals surface area (Å²) in [6, 6.07) is 3.06. The fourth-order valence-electron chi connectivity index (χ4n) is 1.09. The number of ether oxygens (including phenoxy) is 1. The molecular formula is C9H8N2O6. The number of hydrogen-bond donors (Lipinski definition) is 2. The molecule has 0 unspecified atom stereocenters. The Kier molecular flexibility index (Phi) is 3.60. The van der Waals surface area contributed by atoms with Gasteiger partial charge < -0.3 is 9.84 Å². The number of nitrogens with one attached hydrogen (secondary N) is 1. The van der Waals surface area contributed by atoms with Crippen LogP contribution in [0.2, 0.25) is 0 Å². The van der Waals surface area contributed by atoms with Crippen LogP contribution in [0.3, 0.4) is 0 Å². The Balaban J connectivity index is 3.17. The summed E-state index contributed by atoms with van der Waals surface area (Å²) in [4.78, 5) is 31.5. The number of carbonyl (C=O) groups excluding carboxylic acids is 1. The molecule has 0 aromatic heterocycles. The van der Waals surface area contributed by atoms with E-state index in [1.807, 2.05) is 0 Å². The average Bonchev–Trinajstić information content (AvgIpc) is 2.28. The Labute approximate surface area is 95.0 Å². The molecule has 0 saturated carbocycles. The molecule has 0 aliphatic heterocycles. The number of hydrogen-bond acceptors (Lipinski definition) is 5. The van der Waals surface area contributed by atoms with Gasteiger partial charge in [-0.3, -0.25) is 15.4 Å². The first-order valence-electron chi connectivity index (χ1n) is 4.32. The normalized spacial score (nSPS) is 9.47. The highest BCUT2D eigenvalue weighted by molar-refractivity contribution is 5.99. The monoisotopic (exact) mass is 240 g/mol. The quantitative estimate of drug-likeness (QED) is 0.609. The van der Waals surface area contributed by atoms with Crippen molar-refractivity contribution in [1.29, 1.82) is 0 Å². The lowest BCUT2D eigenvalue weighted by Crippen LogP contribution is -2.14. The first-order valence-corrected chi connectivity index (χ1v) is 4.32. The molecule has 0 heterocycles. The number of nitro benzene ring substituents is 1. The minimum absolute atomic E-state index is 0.0741. The third-order valence-electron chi connectivity index (χ3n) is 1.87. The number of methoxy groups -OCH3 is 1. The molecule has 0 aliphatic rings. The zero-order chi connectivity index (χ0) is 13.0. The van der Waals surface area contributed by atoms with Crippen molar-refractivity contribution >= 4 is 23.4 Å². The number of nitrogens with zero attached hydrogens (tertiary/aromatic N) is 1. The molecule has 8 nitrogen and oxygen atoms in total. The van der Waals surface area contributed by atoms with Gasteiger partial charge in [-0.05, 0) is 6.07 Å². The number of anilines is 1. The van der Waals surface area contributed by atoms with E-state index in [2.05, 4.69) is 10.1 Å². The number of carboxylic acids is 1. The first-order chi connectivity index (χ1) is 7.95. The highest BCUT2D eigenvalue weighted by Gasteiger charge is 2.17. The highest BCUT2D eigenvalue weighted by atomic mass is 16.6. The summed E-state index contributed by atoms with van der Waals surface area (Å²) < 4.78 is 4.29. The number of carbonyl (C=O) groups is 2. The van der Waals surface area contributed by atoms with E-state index in [0.717, 1.165) is 25.3 Å². The van der Waals surface area contributed by atoms with Crippen LogP contribution in [0.1, 0.15) is 10.4 Å². The third-order valence-corrected chi connectivity index (χ3v) is 1.87. The van der Waals surface area contributed by atoms with Gasteiger partial charge in [0, 0.05) is 12.1 Å². The van der Waals surface area contributed by atoms with Crippen molar-refractivity contribution in [2.24, 2.45) is 0 Å². The molecule has 0 fully saturated rings. The van der Waals surface area contributed by atoms with E-state index >= 15 is 0 Å². The van der Waals surface area contributed by atoms with Gasteiger partial charge >= 0.3 is 12.1 Å². The van der Waals surface area contributed by atoms with Crippen LogP contribution in [0.15, 0.2) is 18.2 Å². The zero-order valence-corrected chi connectivity index (χ0v) is 8.67. The van der Waals surface area contributed by atoms with Crippen LogP contribution in [0.5, 0.6) is 0 Å². The second-order valence-corrected chi connectivity index (χ2v) is 2.91. The minimum atomic E-state index is -1.39. The van der Waals surface area contributed by atoms with E-state index in [0.29, 0.717) is 0 Å². The Morgan fingerprint density at radius 3 is 2.59 bits per heavy atom. The maximum atomic E-state index is 10.9. The molecule has 2 N–H and O–H groups in total. The molecule has 1 aromatic carbocycles. The SMILES string of the molecule is COC(=O)Nc1ccc([N+](=O)[O-])cc1C(=O)O. The first kappa shape index (κ1) is 12.4. The highest BCUT2D eigenvalue weighted by Crippen LogP contribution is 2.22. The predicted molar refractivity (Wildman–Crippen MR) is 56.1 cm³/mol. The second kappa shape index (κ2) is 4.92. The van der Waals surface area contributed by atoms with E-state index in [-0.39, 0.29) is 16.9 Å². The number of non-ortho nitro benzene ring substituents is 1. The van der Waals surface area contributed by atoms with Gasteiger partial charge in [-0.25, -0.2) is 9.59 Å². The fourth-order valence-corrected chi connectivity index (χ4v) is 1.09. The van der Waals surface area contributed by atoms with Gasteiger partial charge in [0.25, 0.3) is 5.69 Å². The number of benzene rings is 1. The summed E-state index contributed by atoms with van der Waals surface area (Å²) in [5, 5.41) is 21.5. The van der Waals surface area contributed by atoms with E-state index in [4.69, 9.17) is 5.11 Å². The largest absolute Gasteiger partial charge is 0.478 e. The molecule has 0 atom stereocenters. The molecule has 0 radical (unpaired) electrons. The lowest BCUT2D eigenvalue weighted by molar-refractivity contribution is -0.384. The molecule has 0 aliphatic carbocycles. The van der Waals surface area contributed by atoms with Gasteiger partial charge in [0.15, 0.2) is 0 Å². The number of carboxylic acid groups (broad SMARTS) is 1. The van der Waals surface area contributed by atoms with Gasteiger partial charge in [0.1, 0.15) is 0 Å². The maximum Gasteiger partial charge on any atom is 0.411 e. The number of aromatic carboxylic acids is 1. The summed E-state index contributed by atoms with van der Waals surface area (Å²) >= 11 is 0. The summed E-state index contributed by atoms with van der Waals surface area (Å²) in [5.41, 5.74) is -0.836. The van der Waals surface area contributed by atoms with Gasteiger partial charge in [0.05, 0.1) is 23.3 Å². The molecule has 90 valence electrons. The van der Waals surface area contributed by atoms with Gasteiger partial charge in [-0.1, -0.05) is 0 Å². The smallest absolute Gasteiger partial charge is 0.411 e. The standard InChI is InChI=1S/C9H8N2O6/c1-17-9(14)10-7-3-2-5(11(15)16)4-6(7)8(12)13/h2-4H,1H3,(H,10,14)(H,12,13). The Morgan fingerprint density at radius 2 is 2.12 bits per heavy atom. The minimum Gasteiger partial charge on any atom is -0.478 e. The van der Waals surface area contributed by atoms with Crippen molar-refractivity contribution in [2.75, 3.05) is 12.4 Å². The molecule has 0 bridgehead atoms. The van der Waals surface area contributed by atoms with E-state index in [1.165, 1.54) is 0 Å². The topological polar surface area (TPSA) is 119 Å². The van der Waals surface area contributed by atoms with Crippen molar-refractivity contribution < 1.29 is 24.4 Å². The van der Waals surface area contributed by atoms with Crippen LogP contribution in [-0.2, 0) is 4.74 Å². The van der Waals surface area contributed by atoms with Crippen LogP contribution in [-0.4, -0.2) is 29.2 Å². The van der Waals surface area contributed by atoms with E-state index in [1.54, 1.807) is 0 Å².